The van der Waals surface area contributed by atoms with Crippen molar-refractivity contribution in [1.82, 2.24) is 5.32 Å². The van der Waals surface area contributed by atoms with Crippen LogP contribution in [0.2, 0.25) is 0 Å². The van der Waals surface area contributed by atoms with Crippen molar-refractivity contribution < 1.29 is 24.4 Å². The van der Waals surface area contributed by atoms with Crippen LogP contribution in [0.5, 0.6) is 0 Å². The number of nitrogens with zero attached hydrogens (tertiary/aromatic N) is 1. The first-order valence-electron chi connectivity index (χ1n) is 6.27. The monoisotopic (exact) mass is 294 g/mol. The molecule has 1 aromatic carbocycles. The van der Waals surface area contributed by atoms with E-state index in [0.29, 0.717) is 5.56 Å². The van der Waals surface area contributed by atoms with Crippen LogP contribution >= 0.6 is 0 Å². The minimum atomic E-state index is -1.07. The van der Waals surface area contributed by atoms with E-state index in [0.717, 1.165) is 0 Å². The van der Waals surface area contributed by atoms with Gasteiger partial charge in [-0.1, -0.05) is 12.1 Å². The predicted octanol–water partition coefficient (Wildman–Crippen LogP) is 0.733. The second-order valence-corrected chi connectivity index (χ2v) is 4.79. The Labute approximate surface area is 119 Å². The molecule has 1 aliphatic rings. The molecule has 0 bridgehead atoms. The number of carboxylic acids is 1. The molecule has 8 heteroatoms. The van der Waals surface area contributed by atoms with Crippen LogP contribution in [0.15, 0.2) is 18.2 Å². The summed E-state index contributed by atoms with van der Waals surface area (Å²) < 4.78 is 5.04. The molecule has 8 nitrogen and oxygen atoms in total. The maximum atomic E-state index is 12.2. The lowest BCUT2D eigenvalue weighted by atomic mass is 10.0. The molecule has 1 fully saturated rings. The van der Waals surface area contributed by atoms with E-state index in [2.05, 4.69) is 5.32 Å². The van der Waals surface area contributed by atoms with Crippen molar-refractivity contribution >= 4 is 17.6 Å². The molecule has 0 spiro atoms. The van der Waals surface area contributed by atoms with Gasteiger partial charge in [-0.15, -0.1) is 0 Å². The second-order valence-electron chi connectivity index (χ2n) is 4.79. The first-order chi connectivity index (χ1) is 9.91. The fraction of sp³-hybridized carbons (Fsp3) is 0.385. The van der Waals surface area contributed by atoms with E-state index >= 15 is 0 Å². The number of carbonyl (C=O) groups is 2. The van der Waals surface area contributed by atoms with Gasteiger partial charge < -0.3 is 15.2 Å². The van der Waals surface area contributed by atoms with Gasteiger partial charge in [0.1, 0.15) is 11.5 Å². The normalized spacial score (nSPS) is 21.0. The van der Waals surface area contributed by atoms with Gasteiger partial charge in [-0.25, -0.2) is 0 Å². The van der Waals surface area contributed by atoms with Gasteiger partial charge in [-0.2, -0.15) is 0 Å². The van der Waals surface area contributed by atoms with Crippen molar-refractivity contribution in [1.29, 1.82) is 0 Å². The highest BCUT2D eigenvalue weighted by Crippen LogP contribution is 2.23. The molecule has 0 saturated carbocycles. The minimum Gasteiger partial charge on any atom is -0.481 e. The quantitative estimate of drug-likeness (QED) is 0.624. The molecule has 2 rings (SSSR count). The van der Waals surface area contributed by atoms with Crippen LogP contribution in [0.1, 0.15) is 15.9 Å². The second kappa shape index (κ2) is 5.88. The Bertz CT molecular complexity index is 600. The maximum Gasteiger partial charge on any atom is 0.311 e. The van der Waals surface area contributed by atoms with Gasteiger partial charge in [0, 0.05) is 5.56 Å². The van der Waals surface area contributed by atoms with E-state index in [9.17, 15) is 19.7 Å². The third-order valence-electron chi connectivity index (χ3n) is 3.38. The Kier molecular flexibility index (Phi) is 4.18. The Morgan fingerprint density at radius 1 is 1.43 bits per heavy atom. The Balaban J connectivity index is 2.23. The highest BCUT2D eigenvalue weighted by Gasteiger charge is 2.36. The fourth-order valence-electron chi connectivity index (χ4n) is 2.27. The number of nitro benzene ring substituents is 1. The third-order valence-corrected chi connectivity index (χ3v) is 3.38. The summed E-state index contributed by atoms with van der Waals surface area (Å²) in [7, 11) is 0. The zero-order chi connectivity index (χ0) is 15.6. The van der Waals surface area contributed by atoms with Crippen molar-refractivity contribution in [2.24, 2.45) is 5.92 Å². The number of aliphatic carboxylic acids is 1. The Morgan fingerprint density at radius 2 is 2.14 bits per heavy atom. The Morgan fingerprint density at radius 3 is 2.76 bits per heavy atom. The third kappa shape index (κ3) is 3.00. The summed E-state index contributed by atoms with van der Waals surface area (Å²) in [5.41, 5.74) is 0.00179. The SMILES string of the molecule is Cc1cccc(C(=O)NC2COCC2C(=O)O)c1[N+](=O)[O-]. The molecule has 2 N–H and O–H groups in total. The number of nitrogens with one attached hydrogen (secondary N) is 1. The van der Waals surface area contributed by atoms with E-state index in [1.54, 1.807) is 0 Å². The molecule has 112 valence electrons. The number of hydrogen-bond donors (Lipinski definition) is 2. The smallest absolute Gasteiger partial charge is 0.311 e. The number of aryl methyl sites for hydroxylation is 1. The molecule has 2 unspecified atom stereocenters. The van der Waals surface area contributed by atoms with Crippen LogP contribution < -0.4 is 5.32 Å². The number of amides is 1. The first-order valence-corrected chi connectivity index (χ1v) is 6.27. The van der Waals surface area contributed by atoms with Crippen LogP contribution in [0.25, 0.3) is 0 Å². The molecule has 0 aliphatic carbocycles. The summed E-state index contributed by atoms with van der Waals surface area (Å²) in [6, 6.07) is 3.71. The largest absolute Gasteiger partial charge is 0.481 e. The lowest BCUT2D eigenvalue weighted by molar-refractivity contribution is -0.385. The molecule has 2 atom stereocenters. The molecule has 0 radical (unpaired) electrons. The number of nitro groups is 1. The molecular formula is C13H14N2O6. The molecule has 21 heavy (non-hydrogen) atoms. The Hall–Kier alpha value is -2.48. The molecule has 0 aromatic heterocycles. The average molecular weight is 294 g/mol. The van der Waals surface area contributed by atoms with Gasteiger partial charge in [0.05, 0.1) is 24.2 Å². The van der Waals surface area contributed by atoms with E-state index < -0.39 is 28.8 Å². The van der Waals surface area contributed by atoms with Crippen LogP contribution in [0.4, 0.5) is 5.69 Å². The fourth-order valence-corrected chi connectivity index (χ4v) is 2.27. The number of carboxylic acid groups (broad SMARTS) is 1. The molecule has 1 heterocycles. The average Bonchev–Trinajstić information content (AvgIpc) is 2.86. The van der Waals surface area contributed by atoms with Gasteiger partial charge in [0.25, 0.3) is 11.6 Å². The topological polar surface area (TPSA) is 119 Å². The van der Waals surface area contributed by atoms with Gasteiger partial charge in [0.15, 0.2) is 0 Å². The summed E-state index contributed by atoms with van der Waals surface area (Å²) in [6.07, 6.45) is 0. The van der Waals surface area contributed by atoms with Crippen molar-refractivity contribution in [3.05, 3.63) is 39.4 Å². The molecule has 1 aliphatic heterocycles. The number of hydrogen-bond acceptors (Lipinski definition) is 5. The number of ether oxygens (including phenoxy) is 1. The van der Waals surface area contributed by atoms with Crippen molar-refractivity contribution in [3.8, 4) is 0 Å². The number of para-hydroxylation sites is 1. The van der Waals surface area contributed by atoms with Crippen LogP contribution in [0, 0.1) is 23.0 Å². The van der Waals surface area contributed by atoms with Gasteiger partial charge >= 0.3 is 5.97 Å². The summed E-state index contributed by atoms with van der Waals surface area (Å²) in [5.74, 6) is -2.60. The summed E-state index contributed by atoms with van der Waals surface area (Å²) >= 11 is 0. The standard InChI is InChI=1S/C13H14N2O6/c1-7-3-2-4-8(11(7)15(19)20)12(16)14-10-6-21-5-9(10)13(17)18/h2-4,9-10H,5-6H2,1H3,(H,14,16)(H,17,18). The van der Waals surface area contributed by atoms with Crippen molar-refractivity contribution in [2.45, 2.75) is 13.0 Å². The van der Waals surface area contributed by atoms with E-state index in [4.69, 9.17) is 9.84 Å². The van der Waals surface area contributed by atoms with E-state index in [-0.39, 0.29) is 24.5 Å². The van der Waals surface area contributed by atoms with Gasteiger partial charge in [-0.3, -0.25) is 19.7 Å². The first kappa shape index (κ1) is 14.9. The van der Waals surface area contributed by atoms with Gasteiger partial charge in [-0.05, 0) is 13.0 Å². The summed E-state index contributed by atoms with van der Waals surface area (Å²) in [6.45, 7) is 1.62. The zero-order valence-electron chi connectivity index (χ0n) is 11.2. The molecule has 1 aromatic rings. The van der Waals surface area contributed by atoms with Crippen LogP contribution in [0.3, 0.4) is 0 Å². The maximum absolute atomic E-state index is 12.2. The summed E-state index contributed by atoms with van der Waals surface area (Å²) in [4.78, 5) is 33.6. The highest BCUT2D eigenvalue weighted by atomic mass is 16.6. The number of carbonyl (C=O) groups excluding carboxylic acids is 1. The van der Waals surface area contributed by atoms with E-state index in [1.165, 1.54) is 25.1 Å². The molecular weight excluding hydrogens is 280 g/mol. The van der Waals surface area contributed by atoms with Gasteiger partial charge in [0.2, 0.25) is 0 Å². The number of rotatable bonds is 4. The molecule has 1 amide bonds. The lowest BCUT2D eigenvalue weighted by Gasteiger charge is -2.15. The van der Waals surface area contributed by atoms with Crippen LogP contribution in [-0.4, -0.2) is 41.2 Å². The predicted molar refractivity (Wildman–Crippen MR) is 71.0 cm³/mol. The van der Waals surface area contributed by atoms with Crippen molar-refractivity contribution in [3.63, 3.8) is 0 Å². The van der Waals surface area contributed by atoms with E-state index in [1.807, 2.05) is 0 Å². The van der Waals surface area contributed by atoms with Crippen molar-refractivity contribution in [2.75, 3.05) is 13.2 Å². The highest BCUT2D eigenvalue weighted by molar-refractivity contribution is 5.99. The summed E-state index contributed by atoms with van der Waals surface area (Å²) in [5, 5.41) is 22.6. The molecule has 1 saturated heterocycles. The zero-order valence-corrected chi connectivity index (χ0v) is 11.2. The number of benzene rings is 1. The minimum absolute atomic E-state index is 0.0101. The lowest BCUT2D eigenvalue weighted by Crippen LogP contribution is -2.42. The van der Waals surface area contributed by atoms with Crippen LogP contribution in [-0.2, 0) is 9.53 Å².